The maximum Gasteiger partial charge on any atom is 0.250 e. The average Bonchev–Trinajstić information content (AvgIpc) is 2.88. The molecule has 1 aromatic heterocycles. The Balaban J connectivity index is 2.02. The summed E-state index contributed by atoms with van der Waals surface area (Å²) in [5.41, 5.74) is -0.273. The van der Waals surface area contributed by atoms with Crippen molar-refractivity contribution in [1.29, 1.82) is 0 Å². The molecule has 0 aliphatic heterocycles. The van der Waals surface area contributed by atoms with Crippen molar-refractivity contribution in [2.45, 2.75) is 62.1 Å². The lowest BCUT2D eigenvalue weighted by molar-refractivity contribution is 0.294. The average molecular weight is 331 g/mol. The summed E-state index contributed by atoms with van der Waals surface area (Å²) >= 11 is 1.39. The van der Waals surface area contributed by atoms with Gasteiger partial charge in [-0.3, -0.25) is 0 Å². The van der Waals surface area contributed by atoms with Gasteiger partial charge in [0.2, 0.25) is 0 Å². The molecule has 21 heavy (non-hydrogen) atoms. The second kappa shape index (κ2) is 7.22. The third-order valence-corrected chi connectivity index (χ3v) is 7.31. The first kappa shape index (κ1) is 16.9. The summed E-state index contributed by atoms with van der Waals surface area (Å²) in [4.78, 5) is 1.12. The van der Waals surface area contributed by atoms with E-state index in [4.69, 9.17) is 0 Å². The van der Waals surface area contributed by atoms with Crippen molar-refractivity contribution in [2.24, 2.45) is 0 Å². The molecule has 0 bridgehead atoms. The molecule has 0 aromatic carbocycles. The highest BCUT2D eigenvalue weighted by Gasteiger charge is 2.32. The van der Waals surface area contributed by atoms with Gasteiger partial charge in [-0.25, -0.2) is 13.1 Å². The van der Waals surface area contributed by atoms with Gasteiger partial charge in [0.15, 0.2) is 0 Å². The third-order valence-electron chi connectivity index (χ3n) is 4.04. The first-order valence-corrected chi connectivity index (χ1v) is 10.1. The summed E-state index contributed by atoms with van der Waals surface area (Å²) in [6.07, 6.45) is 6.18. The van der Waals surface area contributed by atoms with Crippen LogP contribution in [0.1, 0.15) is 50.8 Å². The maximum atomic E-state index is 12.5. The van der Waals surface area contributed by atoms with Crippen LogP contribution in [0.25, 0.3) is 0 Å². The van der Waals surface area contributed by atoms with Crippen molar-refractivity contribution in [1.82, 2.24) is 10.0 Å². The Labute approximate surface area is 132 Å². The molecule has 0 unspecified atom stereocenters. The van der Waals surface area contributed by atoms with E-state index < -0.39 is 10.0 Å². The molecular weight excluding hydrogens is 304 g/mol. The molecule has 0 spiro atoms. The van der Waals surface area contributed by atoms with E-state index in [1.165, 1.54) is 17.8 Å². The number of hydrogen-bond acceptors (Lipinski definition) is 4. The molecule has 0 radical (unpaired) electrons. The predicted octanol–water partition coefficient (Wildman–Crippen LogP) is 2.90. The Morgan fingerprint density at radius 3 is 2.62 bits per heavy atom. The van der Waals surface area contributed by atoms with Crippen LogP contribution < -0.4 is 10.0 Å². The molecule has 2 rings (SSSR count). The number of nitrogens with one attached hydrogen (secondary N) is 2. The second-order valence-corrected chi connectivity index (χ2v) is 9.13. The summed E-state index contributed by atoms with van der Waals surface area (Å²) < 4.78 is 28.4. The molecule has 1 fully saturated rings. The molecule has 120 valence electrons. The number of thiophene rings is 1. The fourth-order valence-corrected chi connectivity index (χ4v) is 5.65. The normalized spacial score (nSPS) is 18.8. The molecule has 1 aliphatic carbocycles. The Morgan fingerprint density at radius 2 is 1.95 bits per heavy atom. The predicted molar refractivity (Wildman–Crippen MR) is 88.4 cm³/mol. The Bertz CT molecular complexity index is 546. The number of likely N-dealkylation sites (N-methyl/N-ethyl adjacent to an activating group) is 1. The van der Waals surface area contributed by atoms with Crippen LogP contribution in [0.4, 0.5) is 0 Å². The summed E-state index contributed by atoms with van der Waals surface area (Å²) in [6.45, 7) is 5.93. The monoisotopic (exact) mass is 330 g/mol. The van der Waals surface area contributed by atoms with Crippen LogP contribution >= 0.6 is 11.3 Å². The van der Waals surface area contributed by atoms with Gasteiger partial charge in [0.25, 0.3) is 10.0 Å². The lowest BCUT2D eigenvalue weighted by Crippen LogP contribution is -2.46. The minimum absolute atomic E-state index is 0.273. The van der Waals surface area contributed by atoms with E-state index in [1.54, 1.807) is 6.07 Å². The van der Waals surface area contributed by atoms with Crippen molar-refractivity contribution < 1.29 is 8.42 Å². The van der Waals surface area contributed by atoms with Gasteiger partial charge in [-0.05, 0) is 51.4 Å². The molecule has 2 N–H and O–H groups in total. The Morgan fingerprint density at radius 1 is 1.24 bits per heavy atom. The van der Waals surface area contributed by atoms with Crippen LogP contribution in [0, 0.1) is 0 Å². The first-order valence-electron chi connectivity index (χ1n) is 7.79. The van der Waals surface area contributed by atoms with Gasteiger partial charge < -0.3 is 5.32 Å². The van der Waals surface area contributed by atoms with E-state index in [2.05, 4.69) is 17.0 Å². The zero-order chi connectivity index (χ0) is 15.3. The number of hydrogen-bond donors (Lipinski definition) is 2. The van der Waals surface area contributed by atoms with E-state index in [1.807, 2.05) is 13.0 Å². The Hall–Kier alpha value is -0.430. The summed E-state index contributed by atoms with van der Waals surface area (Å²) in [6, 6.07) is 3.67. The zero-order valence-corrected chi connectivity index (χ0v) is 14.6. The van der Waals surface area contributed by atoms with Gasteiger partial charge in [-0.2, -0.15) is 0 Å². The third kappa shape index (κ3) is 4.77. The van der Waals surface area contributed by atoms with Crippen LogP contribution in [-0.2, 0) is 16.4 Å². The topological polar surface area (TPSA) is 58.2 Å². The van der Waals surface area contributed by atoms with Crippen molar-refractivity contribution in [3.8, 4) is 0 Å². The maximum absolute atomic E-state index is 12.5. The van der Waals surface area contributed by atoms with E-state index in [0.29, 0.717) is 4.21 Å². The minimum Gasteiger partial charge on any atom is -0.317 e. The standard InChI is InChI=1S/C15H26N2O2S2/c1-3-16-12-9-13-7-8-14(20-13)21(18,19)17-15(2)10-5-4-6-11-15/h7-8,16-17H,3-6,9-12H2,1-2H3. The van der Waals surface area contributed by atoms with Crippen LogP contribution in [0.15, 0.2) is 16.3 Å². The minimum atomic E-state index is -3.38. The fourth-order valence-electron chi connectivity index (χ4n) is 2.83. The molecular formula is C15H26N2O2S2. The van der Waals surface area contributed by atoms with Gasteiger partial charge >= 0.3 is 0 Å². The second-order valence-electron chi connectivity index (χ2n) is 6.05. The van der Waals surface area contributed by atoms with Crippen LogP contribution in [0.3, 0.4) is 0 Å². The zero-order valence-electron chi connectivity index (χ0n) is 12.9. The van der Waals surface area contributed by atoms with Crippen molar-refractivity contribution in [2.75, 3.05) is 13.1 Å². The molecule has 1 heterocycles. The van der Waals surface area contributed by atoms with E-state index >= 15 is 0 Å². The highest BCUT2D eigenvalue weighted by atomic mass is 32.2. The van der Waals surface area contributed by atoms with Gasteiger partial charge in [-0.15, -0.1) is 11.3 Å². The number of sulfonamides is 1. The molecule has 4 nitrogen and oxygen atoms in total. The lowest BCUT2D eigenvalue weighted by atomic mass is 9.84. The summed E-state index contributed by atoms with van der Waals surface area (Å²) in [7, 11) is -3.38. The van der Waals surface area contributed by atoms with Gasteiger partial charge in [0.05, 0.1) is 0 Å². The molecule has 0 atom stereocenters. The van der Waals surface area contributed by atoms with Crippen molar-refractivity contribution in [3.05, 3.63) is 17.0 Å². The summed E-state index contributed by atoms with van der Waals surface area (Å²) in [5, 5.41) is 3.26. The summed E-state index contributed by atoms with van der Waals surface area (Å²) in [5.74, 6) is 0. The highest BCUT2D eigenvalue weighted by molar-refractivity contribution is 7.91. The molecule has 6 heteroatoms. The van der Waals surface area contributed by atoms with Crippen molar-refractivity contribution >= 4 is 21.4 Å². The van der Waals surface area contributed by atoms with E-state index in [9.17, 15) is 8.42 Å². The van der Waals surface area contributed by atoms with Crippen molar-refractivity contribution in [3.63, 3.8) is 0 Å². The first-order chi connectivity index (χ1) is 9.95. The lowest BCUT2D eigenvalue weighted by Gasteiger charge is -2.33. The fraction of sp³-hybridized carbons (Fsp3) is 0.733. The van der Waals surface area contributed by atoms with E-state index in [-0.39, 0.29) is 5.54 Å². The SMILES string of the molecule is CCNCCc1ccc(S(=O)(=O)NC2(C)CCCCC2)s1. The smallest absolute Gasteiger partial charge is 0.250 e. The largest absolute Gasteiger partial charge is 0.317 e. The van der Waals surface area contributed by atoms with Gasteiger partial charge in [0, 0.05) is 10.4 Å². The van der Waals surface area contributed by atoms with Crippen LogP contribution in [-0.4, -0.2) is 27.0 Å². The molecule has 1 aromatic rings. The van der Waals surface area contributed by atoms with Gasteiger partial charge in [0.1, 0.15) is 4.21 Å². The van der Waals surface area contributed by atoms with E-state index in [0.717, 1.165) is 50.1 Å². The van der Waals surface area contributed by atoms with Crippen LogP contribution in [0.5, 0.6) is 0 Å². The molecule has 1 saturated carbocycles. The Kier molecular flexibility index (Phi) is 5.82. The quantitative estimate of drug-likeness (QED) is 0.756. The molecule has 0 amide bonds. The molecule has 0 saturated heterocycles. The molecule has 1 aliphatic rings. The van der Waals surface area contributed by atoms with Gasteiger partial charge in [-0.1, -0.05) is 26.2 Å². The van der Waals surface area contributed by atoms with Crippen LogP contribution in [0.2, 0.25) is 0 Å². The number of rotatable bonds is 7. The highest BCUT2D eigenvalue weighted by Crippen LogP contribution is 2.30.